The van der Waals surface area contributed by atoms with Gasteiger partial charge in [0, 0.05) is 25.9 Å². The van der Waals surface area contributed by atoms with Crippen molar-refractivity contribution in [3.8, 4) is 0 Å². The first-order chi connectivity index (χ1) is 8.79. The molecule has 0 aliphatic carbocycles. The molecule has 3 nitrogen and oxygen atoms in total. The highest BCUT2D eigenvalue weighted by molar-refractivity contribution is 5.46. The Bertz CT molecular complexity index is 347. The van der Waals surface area contributed by atoms with Crippen molar-refractivity contribution < 1.29 is 4.74 Å². The Morgan fingerprint density at radius 2 is 1.89 bits per heavy atom. The number of anilines is 1. The van der Waals surface area contributed by atoms with Crippen LogP contribution in [0.1, 0.15) is 19.8 Å². The summed E-state index contributed by atoms with van der Waals surface area (Å²) < 4.78 is 5.85. The molecule has 1 saturated heterocycles. The minimum absolute atomic E-state index is 0.0110. The maximum Gasteiger partial charge on any atom is 0.0876 e. The highest BCUT2D eigenvalue weighted by atomic mass is 16.5. The largest absolute Gasteiger partial charge is 0.376 e. The van der Waals surface area contributed by atoms with Gasteiger partial charge >= 0.3 is 0 Å². The topological polar surface area (TPSA) is 24.5 Å². The zero-order valence-corrected chi connectivity index (χ0v) is 11.5. The van der Waals surface area contributed by atoms with Crippen LogP contribution in [0.2, 0.25) is 0 Å². The Kier molecular flexibility index (Phi) is 4.61. The molecular weight excluding hydrogens is 224 g/mol. The molecule has 0 unspecified atom stereocenters. The van der Waals surface area contributed by atoms with Crippen molar-refractivity contribution in [3.05, 3.63) is 30.3 Å². The van der Waals surface area contributed by atoms with Crippen LogP contribution in [0.3, 0.4) is 0 Å². The van der Waals surface area contributed by atoms with E-state index in [1.807, 2.05) is 7.11 Å². The first-order valence-electron chi connectivity index (χ1n) is 6.85. The molecule has 0 aromatic heterocycles. The molecule has 2 rings (SSSR count). The zero-order chi connectivity index (χ0) is 12.8. The molecule has 0 saturated carbocycles. The van der Waals surface area contributed by atoms with E-state index >= 15 is 0 Å². The number of rotatable bonds is 5. The van der Waals surface area contributed by atoms with Gasteiger partial charge in [0.05, 0.1) is 5.60 Å². The van der Waals surface area contributed by atoms with Crippen LogP contribution in [-0.4, -0.2) is 38.9 Å². The molecule has 0 atom stereocenters. The number of hydrogen-bond acceptors (Lipinski definition) is 3. The Hall–Kier alpha value is -1.06. The van der Waals surface area contributed by atoms with Gasteiger partial charge in [0.15, 0.2) is 0 Å². The van der Waals surface area contributed by atoms with Crippen LogP contribution in [0.25, 0.3) is 0 Å². The summed E-state index contributed by atoms with van der Waals surface area (Å²) in [6.07, 6.45) is 2.18. The lowest BCUT2D eigenvalue weighted by molar-refractivity contribution is -0.0272. The monoisotopic (exact) mass is 248 g/mol. The maximum atomic E-state index is 5.85. The molecule has 1 aliphatic heterocycles. The van der Waals surface area contributed by atoms with Crippen LogP contribution in [-0.2, 0) is 4.74 Å². The van der Waals surface area contributed by atoms with E-state index in [9.17, 15) is 0 Å². The van der Waals surface area contributed by atoms with Crippen LogP contribution in [0, 0.1) is 0 Å². The van der Waals surface area contributed by atoms with Crippen LogP contribution in [0.15, 0.2) is 30.3 Å². The number of ether oxygens (including phenoxy) is 1. The Balaban J connectivity index is 2.09. The van der Waals surface area contributed by atoms with Crippen LogP contribution in [0.5, 0.6) is 0 Å². The number of piperidine rings is 1. The fourth-order valence-corrected chi connectivity index (χ4v) is 2.68. The number of likely N-dealkylation sites (N-methyl/N-ethyl adjacent to an activating group) is 1. The van der Waals surface area contributed by atoms with E-state index in [2.05, 4.69) is 47.5 Å². The SMILES string of the molecule is CCN(CC1(OC)CCNCC1)c1ccccc1. The predicted octanol–water partition coefficient (Wildman–Crippen LogP) is 2.28. The van der Waals surface area contributed by atoms with E-state index in [1.165, 1.54) is 5.69 Å². The number of methoxy groups -OCH3 is 1. The second-order valence-electron chi connectivity index (χ2n) is 4.99. The second kappa shape index (κ2) is 6.21. The van der Waals surface area contributed by atoms with E-state index in [0.29, 0.717) is 0 Å². The fraction of sp³-hybridized carbons (Fsp3) is 0.600. The third-order valence-electron chi connectivity index (χ3n) is 3.93. The van der Waals surface area contributed by atoms with E-state index in [-0.39, 0.29) is 5.60 Å². The number of hydrogen-bond donors (Lipinski definition) is 1. The van der Waals surface area contributed by atoms with Gasteiger partial charge in [0.1, 0.15) is 0 Å². The molecule has 1 aromatic rings. The van der Waals surface area contributed by atoms with E-state index in [1.54, 1.807) is 0 Å². The van der Waals surface area contributed by atoms with Crippen molar-refractivity contribution in [2.45, 2.75) is 25.4 Å². The number of para-hydroxylation sites is 1. The van der Waals surface area contributed by atoms with Gasteiger partial charge in [-0.2, -0.15) is 0 Å². The van der Waals surface area contributed by atoms with Gasteiger partial charge in [0.2, 0.25) is 0 Å². The van der Waals surface area contributed by atoms with Crippen molar-refractivity contribution in [2.24, 2.45) is 0 Å². The van der Waals surface area contributed by atoms with Gasteiger partial charge in [-0.1, -0.05) is 18.2 Å². The first kappa shape index (κ1) is 13.4. The van der Waals surface area contributed by atoms with Crippen LogP contribution >= 0.6 is 0 Å². The molecule has 1 aliphatic rings. The average molecular weight is 248 g/mol. The minimum atomic E-state index is 0.0110. The minimum Gasteiger partial charge on any atom is -0.376 e. The highest BCUT2D eigenvalue weighted by Crippen LogP contribution is 2.26. The molecule has 1 aromatic carbocycles. The number of nitrogens with zero attached hydrogens (tertiary/aromatic N) is 1. The van der Waals surface area contributed by atoms with Gasteiger partial charge in [-0.3, -0.25) is 0 Å². The lowest BCUT2D eigenvalue weighted by atomic mass is 9.91. The molecule has 18 heavy (non-hydrogen) atoms. The smallest absolute Gasteiger partial charge is 0.0876 e. The summed E-state index contributed by atoms with van der Waals surface area (Å²) in [7, 11) is 1.85. The summed E-state index contributed by atoms with van der Waals surface area (Å²) in [5.74, 6) is 0. The first-order valence-corrected chi connectivity index (χ1v) is 6.85. The summed E-state index contributed by atoms with van der Waals surface area (Å²) >= 11 is 0. The molecule has 1 fully saturated rings. The highest BCUT2D eigenvalue weighted by Gasteiger charge is 2.33. The van der Waals surface area contributed by atoms with Gasteiger partial charge in [-0.15, -0.1) is 0 Å². The van der Waals surface area contributed by atoms with Crippen LogP contribution < -0.4 is 10.2 Å². The maximum absolute atomic E-state index is 5.85. The van der Waals surface area contributed by atoms with Crippen LogP contribution in [0.4, 0.5) is 5.69 Å². The third kappa shape index (κ3) is 3.03. The molecule has 0 bridgehead atoms. The molecule has 1 N–H and O–H groups in total. The molecular formula is C15H24N2O. The number of nitrogens with one attached hydrogen (secondary N) is 1. The summed E-state index contributed by atoms with van der Waals surface area (Å²) in [5, 5.41) is 3.41. The quantitative estimate of drug-likeness (QED) is 0.865. The lowest BCUT2D eigenvalue weighted by Crippen LogP contribution is -2.51. The number of benzene rings is 1. The van der Waals surface area contributed by atoms with Crippen molar-refractivity contribution in [1.82, 2.24) is 5.32 Å². The third-order valence-corrected chi connectivity index (χ3v) is 3.93. The molecule has 100 valence electrons. The zero-order valence-electron chi connectivity index (χ0n) is 11.5. The van der Waals surface area contributed by atoms with Gasteiger partial charge in [-0.05, 0) is 45.0 Å². The summed E-state index contributed by atoms with van der Waals surface area (Å²) in [5.41, 5.74) is 1.30. The molecule has 0 spiro atoms. The van der Waals surface area contributed by atoms with Gasteiger partial charge in [0.25, 0.3) is 0 Å². The summed E-state index contributed by atoms with van der Waals surface area (Å²) in [4.78, 5) is 2.41. The van der Waals surface area contributed by atoms with Crippen molar-refractivity contribution in [3.63, 3.8) is 0 Å². The summed E-state index contributed by atoms with van der Waals surface area (Å²) in [6, 6.07) is 10.6. The molecule has 0 radical (unpaired) electrons. The fourth-order valence-electron chi connectivity index (χ4n) is 2.68. The normalized spacial score (nSPS) is 18.6. The second-order valence-corrected chi connectivity index (χ2v) is 4.99. The Morgan fingerprint density at radius 1 is 1.22 bits per heavy atom. The molecule has 0 amide bonds. The van der Waals surface area contributed by atoms with E-state index in [0.717, 1.165) is 39.0 Å². The summed E-state index contributed by atoms with van der Waals surface area (Å²) in [6.45, 7) is 6.31. The van der Waals surface area contributed by atoms with E-state index in [4.69, 9.17) is 4.74 Å². The van der Waals surface area contributed by atoms with E-state index < -0.39 is 0 Å². The average Bonchev–Trinajstić information content (AvgIpc) is 2.47. The molecule has 3 heteroatoms. The predicted molar refractivity (Wildman–Crippen MR) is 76.2 cm³/mol. The van der Waals surface area contributed by atoms with Crippen molar-refractivity contribution in [2.75, 3.05) is 38.2 Å². The Morgan fingerprint density at radius 3 is 2.44 bits per heavy atom. The van der Waals surface area contributed by atoms with Crippen molar-refractivity contribution >= 4 is 5.69 Å². The van der Waals surface area contributed by atoms with Crippen molar-refractivity contribution in [1.29, 1.82) is 0 Å². The van der Waals surface area contributed by atoms with Gasteiger partial charge < -0.3 is 15.0 Å². The lowest BCUT2D eigenvalue weighted by Gasteiger charge is -2.40. The Labute approximate surface area is 110 Å². The van der Waals surface area contributed by atoms with Gasteiger partial charge in [-0.25, -0.2) is 0 Å². The molecule has 1 heterocycles. The standard InChI is InChI=1S/C15H24N2O/c1-3-17(14-7-5-4-6-8-14)13-15(18-2)9-11-16-12-10-15/h4-8,16H,3,9-13H2,1-2H3.